The summed E-state index contributed by atoms with van der Waals surface area (Å²) in [5.74, 6) is -4.75. The van der Waals surface area contributed by atoms with E-state index in [0.29, 0.717) is 6.42 Å². The number of nitrogens with zero attached hydrogens (tertiary/aromatic N) is 1. The summed E-state index contributed by atoms with van der Waals surface area (Å²) in [6.07, 6.45) is -6.23. The van der Waals surface area contributed by atoms with Crippen LogP contribution >= 0.6 is 0 Å². The molecule has 13 nitrogen and oxygen atoms in total. The molecule has 0 aromatic heterocycles. The smallest absolute Gasteiger partial charge is 0.311 e. The van der Waals surface area contributed by atoms with E-state index in [9.17, 15) is 29.7 Å². The van der Waals surface area contributed by atoms with Crippen LogP contribution in [-0.4, -0.2) is 125 Å². The Morgan fingerprint density at radius 2 is 1.69 bits per heavy atom. The van der Waals surface area contributed by atoms with Gasteiger partial charge in [0.2, 0.25) is 5.91 Å². The van der Waals surface area contributed by atoms with Crippen molar-refractivity contribution >= 4 is 17.8 Å². The van der Waals surface area contributed by atoms with Crippen LogP contribution in [0.25, 0.3) is 0 Å². The van der Waals surface area contributed by atoms with Gasteiger partial charge in [0.05, 0.1) is 47.9 Å². The van der Waals surface area contributed by atoms with Crippen LogP contribution < -0.4 is 5.32 Å². The summed E-state index contributed by atoms with van der Waals surface area (Å²) in [6.45, 7) is 14.5. The monoisotopic (exact) mass is 646 g/mol. The molecule has 2 saturated heterocycles. The lowest BCUT2D eigenvalue weighted by Crippen LogP contribution is -2.61. The zero-order valence-electron chi connectivity index (χ0n) is 29.1. The van der Waals surface area contributed by atoms with Crippen molar-refractivity contribution in [2.24, 2.45) is 17.8 Å². The standard InChI is InChI=1S/C32H58N2O11/c1-13-23-32(9,40)26(37)20(6)28(38)33-16(2)15-31(8,41-12)27(18(4)24(36)19(5)29(39)44-23)45-30-25(43-21(7)35)22(34(10)11)14-17(3)42-30/h16-20,22-27,30,36-37,40H,13-15H2,1-12H3,(H,33,38)/t16-,17-,18+,19-,20-,22-,23-,24+,25-,26-,27-,30+,31-,32-/m1/s1. The van der Waals surface area contributed by atoms with Gasteiger partial charge in [0.1, 0.15) is 11.7 Å². The number of methoxy groups -OCH3 is 1. The van der Waals surface area contributed by atoms with Crippen molar-refractivity contribution in [3.8, 4) is 0 Å². The van der Waals surface area contributed by atoms with Gasteiger partial charge in [-0.15, -0.1) is 0 Å². The van der Waals surface area contributed by atoms with Crippen LogP contribution in [-0.2, 0) is 38.1 Å². The summed E-state index contributed by atoms with van der Waals surface area (Å²) in [5.41, 5.74) is -3.15. The number of nitrogens with one attached hydrogen (secondary N) is 1. The van der Waals surface area contributed by atoms with Gasteiger partial charge in [-0.3, -0.25) is 14.4 Å². The second-order valence-corrected chi connectivity index (χ2v) is 13.8. The van der Waals surface area contributed by atoms with Crippen molar-refractivity contribution in [3.63, 3.8) is 0 Å². The maximum Gasteiger partial charge on any atom is 0.311 e. The second-order valence-electron chi connectivity index (χ2n) is 13.8. The molecule has 14 atom stereocenters. The summed E-state index contributed by atoms with van der Waals surface area (Å²) < 4.78 is 30.4. The molecule has 0 aromatic rings. The number of aliphatic hydroxyl groups is 3. The molecular weight excluding hydrogens is 588 g/mol. The molecule has 45 heavy (non-hydrogen) atoms. The molecule has 2 aliphatic rings. The molecule has 0 aliphatic carbocycles. The molecule has 2 heterocycles. The molecule has 13 heteroatoms. The van der Waals surface area contributed by atoms with Gasteiger partial charge in [0.25, 0.3) is 0 Å². The van der Waals surface area contributed by atoms with E-state index in [1.807, 2.05) is 25.9 Å². The highest BCUT2D eigenvalue weighted by molar-refractivity contribution is 5.79. The fraction of sp³-hybridized carbons (Fsp3) is 0.906. The zero-order valence-corrected chi connectivity index (χ0v) is 29.1. The number of likely N-dealkylation sites (N-methyl/N-ethyl adjacent to an activating group) is 1. The third-order valence-corrected chi connectivity index (χ3v) is 9.67. The summed E-state index contributed by atoms with van der Waals surface area (Å²) >= 11 is 0. The lowest BCUT2D eigenvalue weighted by Gasteiger charge is -2.48. The second kappa shape index (κ2) is 15.8. The molecule has 0 radical (unpaired) electrons. The van der Waals surface area contributed by atoms with Crippen LogP contribution in [0.1, 0.15) is 81.6 Å². The summed E-state index contributed by atoms with van der Waals surface area (Å²) in [7, 11) is 5.24. The van der Waals surface area contributed by atoms with Crippen molar-refractivity contribution in [1.82, 2.24) is 10.2 Å². The molecule has 0 bridgehead atoms. The van der Waals surface area contributed by atoms with Crippen molar-refractivity contribution < 1.29 is 53.4 Å². The van der Waals surface area contributed by atoms with Gasteiger partial charge in [-0.2, -0.15) is 0 Å². The minimum absolute atomic E-state index is 0.147. The SMILES string of the molecule is CC[C@H]1OC(=O)[C@H](C)[C@@H](O)[C@H](C)[C@@H](O[C@@H]2O[C@H](C)C[C@@H](N(C)C)[C@H]2OC(C)=O)[C@](C)(OC)C[C@@H](C)NC(=O)[C@H](C)[C@@H](O)[C@]1(C)O. The van der Waals surface area contributed by atoms with Gasteiger partial charge in [-0.25, -0.2) is 0 Å². The lowest BCUT2D eigenvalue weighted by molar-refractivity contribution is -0.303. The third kappa shape index (κ3) is 9.15. The van der Waals surface area contributed by atoms with E-state index in [2.05, 4.69) is 5.32 Å². The van der Waals surface area contributed by atoms with Gasteiger partial charge in [0.15, 0.2) is 12.4 Å². The zero-order chi connectivity index (χ0) is 34.6. The first kappa shape index (κ1) is 39.3. The highest BCUT2D eigenvalue weighted by atomic mass is 16.7. The van der Waals surface area contributed by atoms with E-state index in [4.69, 9.17) is 23.7 Å². The normalized spacial score (nSPS) is 44.4. The maximum absolute atomic E-state index is 13.4. The van der Waals surface area contributed by atoms with Crippen molar-refractivity contribution in [2.45, 2.75) is 148 Å². The number of carbonyl (C=O) groups excluding carboxylic acids is 3. The number of hydrogen-bond donors (Lipinski definition) is 4. The molecule has 2 rings (SSSR count). The van der Waals surface area contributed by atoms with Gasteiger partial charge < -0.3 is 49.2 Å². The van der Waals surface area contributed by atoms with Crippen LogP contribution in [0.2, 0.25) is 0 Å². The fourth-order valence-corrected chi connectivity index (χ4v) is 6.75. The number of esters is 2. The minimum Gasteiger partial charge on any atom is -0.459 e. The van der Waals surface area contributed by atoms with Crippen LogP contribution in [0, 0.1) is 17.8 Å². The summed E-state index contributed by atoms with van der Waals surface area (Å²) in [6, 6.07) is -0.761. The Morgan fingerprint density at radius 1 is 1.09 bits per heavy atom. The number of cyclic esters (lactones) is 1. The first-order valence-electron chi connectivity index (χ1n) is 16.0. The Bertz CT molecular complexity index is 1010. The molecule has 0 saturated carbocycles. The highest BCUT2D eigenvalue weighted by Gasteiger charge is 2.51. The summed E-state index contributed by atoms with van der Waals surface area (Å²) in [5, 5.41) is 36.9. The Balaban J connectivity index is 2.65. The maximum atomic E-state index is 13.4. The Kier molecular flexibility index (Phi) is 13.8. The predicted octanol–water partition coefficient (Wildman–Crippen LogP) is 1.38. The number of rotatable bonds is 6. The lowest BCUT2D eigenvalue weighted by atomic mass is 9.78. The molecule has 4 N–H and O–H groups in total. The van der Waals surface area contributed by atoms with Crippen molar-refractivity contribution in [2.75, 3.05) is 21.2 Å². The van der Waals surface area contributed by atoms with Crippen LogP contribution in [0.15, 0.2) is 0 Å². The topological polar surface area (TPSA) is 173 Å². The third-order valence-electron chi connectivity index (χ3n) is 9.67. The van der Waals surface area contributed by atoms with Crippen LogP contribution in [0.5, 0.6) is 0 Å². The predicted molar refractivity (Wildman–Crippen MR) is 165 cm³/mol. The van der Waals surface area contributed by atoms with E-state index in [1.165, 1.54) is 34.8 Å². The van der Waals surface area contributed by atoms with E-state index in [1.54, 1.807) is 27.7 Å². The molecule has 0 unspecified atom stereocenters. The van der Waals surface area contributed by atoms with Crippen molar-refractivity contribution in [3.05, 3.63) is 0 Å². The van der Waals surface area contributed by atoms with E-state index >= 15 is 0 Å². The molecule has 262 valence electrons. The minimum atomic E-state index is -1.96. The average molecular weight is 647 g/mol. The van der Waals surface area contributed by atoms with Crippen LogP contribution in [0.4, 0.5) is 0 Å². The molecule has 1 amide bonds. The van der Waals surface area contributed by atoms with E-state index in [-0.39, 0.29) is 25.0 Å². The Hall–Kier alpha value is -1.87. The number of carbonyl (C=O) groups is 3. The number of ether oxygens (including phenoxy) is 5. The summed E-state index contributed by atoms with van der Waals surface area (Å²) in [4.78, 5) is 40.9. The largest absolute Gasteiger partial charge is 0.459 e. The number of hydrogen-bond acceptors (Lipinski definition) is 12. The Morgan fingerprint density at radius 3 is 2.20 bits per heavy atom. The Labute approximate surface area is 268 Å². The van der Waals surface area contributed by atoms with E-state index < -0.39 is 89.7 Å². The molecular formula is C32H58N2O11. The molecule has 0 aromatic carbocycles. The van der Waals surface area contributed by atoms with Gasteiger partial charge in [-0.1, -0.05) is 20.8 Å². The molecule has 2 fully saturated rings. The fourth-order valence-electron chi connectivity index (χ4n) is 6.75. The number of aliphatic hydroxyl groups excluding tert-OH is 2. The van der Waals surface area contributed by atoms with E-state index in [0.717, 1.165) is 0 Å². The number of amides is 1. The van der Waals surface area contributed by atoms with Gasteiger partial charge in [-0.05, 0) is 68.0 Å². The first-order chi connectivity index (χ1) is 20.7. The highest BCUT2D eigenvalue weighted by Crippen LogP contribution is 2.37. The quantitative estimate of drug-likeness (QED) is 0.306. The van der Waals surface area contributed by atoms with Gasteiger partial charge in [0, 0.05) is 26.0 Å². The molecule has 0 spiro atoms. The van der Waals surface area contributed by atoms with Crippen LogP contribution in [0.3, 0.4) is 0 Å². The average Bonchev–Trinajstić information content (AvgIpc) is 2.96. The molecule has 2 aliphatic heterocycles. The first-order valence-corrected chi connectivity index (χ1v) is 16.0. The van der Waals surface area contributed by atoms with Crippen molar-refractivity contribution in [1.29, 1.82) is 0 Å². The van der Waals surface area contributed by atoms with Gasteiger partial charge >= 0.3 is 11.9 Å².